The lowest BCUT2D eigenvalue weighted by Gasteiger charge is -2.08. The van der Waals surface area contributed by atoms with Gasteiger partial charge in [-0.1, -0.05) is 0 Å². The molecule has 0 aromatic carbocycles. The number of ether oxygens (including phenoxy) is 1. The Bertz CT molecular complexity index is 173. The quantitative estimate of drug-likeness (QED) is 0.667. The first-order valence-corrected chi connectivity index (χ1v) is 4.12. The second-order valence-electron chi connectivity index (χ2n) is 2.45. The smallest absolute Gasteiger partial charge is 0.370 e. The summed E-state index contributed by atoms with van der Waals surface area (Å²) in [4.78, 5) is 10.7. The molecule has 0 aliphatic rings. The monoisotopic (exact) mass is 214 g/mol. The molecule has 2 N–H and O–H groups in total. The SMILES string of the molecule is CCNC(=O)NCCOCC(F)(F)F. The van der Waals surface area contributed by atoms with Crippen molar-refractivity contribution in [3.63, 3.8) is 0 Å². The minimum absolute atomic E-state index is 0.0575. The zero-order valence-corrected chi connectivity index (χ0v) is 7.78. The van der Waals surface area contributed by atoms with Crippen LogP contribution in [0.25, 0.3) is 0 Å². The lowest BCUT2D eigenvalue weighted by atomic mass is 10.6. The summed E-state index contributed by atoms with van der Waals surface area (Å²) in [6.07, 6.45) is -4.31. The van der Waals surface area contributed by atoms with Gasteiger partial charge in [-0.2, -0.15) is 13.2 Å². The Kier molecular flexibility index (Phi) is 6.02. The van der Waals surface area contributed by atoms with Gasteiger partial charge < -0.3 is 15.4 Å². The molecule has 2 amide bonds. The molecule has 14 heavy (non-hydrogen) atoms. The van der Waals surface area contributed by atoms with Gasteiger partial charge in [-0.3, -0.25) is 0 Å². The molecule has 0 bridgehead atoms. The first kappa shape index (κ1) is 13.0. The van der Waals surface area contributed by atoms with E-state index in [2.05, 4.69) is 15.4 Å². The molecule has 0 unspecified atom stereocenters. The van der Waals surface area contributed by atoms with E-state index < -0.39 is 18.8 Å². The van der Waals surface area contributed by atoms with Gasteiger partial charge in [0.15, 0.2) is 0 Å². The summed E-state index contributed by atoms with van der Waals surface area (Å²) in [7, 11) is 0. The summed E-state index contributed by atoms with van der Waals surface area (Å²) in [6, 6.07) is -0.414. The minimum Gasteiger partial charge on any atom is -0.370 e. The number of alkyl halides is 3. The van der Waals surface area contributed by atoms with Crippen LogP contribution in [0.2, 0.25) is 0 Å². The molecular formula is C7H13F3N2O2. The topological polar surface area (TPSA) is 50.4 Å². The molecule has 0 aliphatic carbocycles. The van der Waals surface area contributed by atoms with E-state index in [4.69, 9.17) is 0 Å². The highest BCUT2D eigenvalue weighted by molar-refractivity contribution is 5.73. The van der Waals surface area contributed by atoms with Crippen LogP contribution in [0.3, 0.4) is 0 Å². The second kappa shape index (κ2) is 6.47. The Balaban J connectivity index is 3.26. The zero-order valence-electron chi connectivity index (χ0n) is 7.78. The highest BCUT2D eigenvalue weighted by atomic mass is 19.4. The van der Waals surface area contributed by atoms with Crippen molar-refractivity contribution in [2.45, 2.75) is 13.1 Å². The highest BCUT2D eigenvalue weighted by Crippen LogP contribution is 2.13. The van der Waals surface area contributed by atoms with E-state index in [-0.39, 0.29) is 13.2 Å². The number of nitrogens with one attached hydrogen (secondary N) is 2. The van der Waals surface area contributed by atoms with E-state index in [1.54, 1.807) is 6.92 Å². The summed E-state index contributed by atoms with van der Waals surface area (Å²) in [5.74, 6) is 0. The molecule has 0 rings (SSSR count). The van der Waals surface area contributed by atoms with Crippen molar-refractivity contribution < 1.29 is 22.7 Å². The maximum atomic E-state index is 11.5. The van der Waals surface area contributed by atoms with Crippen LogP contribution in [0, 0.1) is 0 Å². The number of urea groups is 1. The Labute approximate surface area is 79.8 Å². The predicted octanol–water partition coefficient (Wildman–Crippen LogP) is 0.884. The summed E-state index contributed by atoms with van der Waals surface area (Å²) >= 11 is 0. The molecule has 0 fully saturated rings. The van der Waals surface area contributed by atoms with Crippen molar-refractivity contribution in [3.8, 4) is 0 Å². The molecular weight excluding hydrogens is 201 g/mol. The molecule has 84 valence electrons. The number of hydrogen-bond acceptors (Lipinski definition) is 2. The van der Waals surface area contributed by atoms with Crippen LogP contribution >= 0.6 is 0 Å². The number of carbonyl (C=O) groups excluding carboxylic acids is 1. The van der Waals surface area contributed by atoms with Gasteiger partial charge in [0.2, 0.25) is 0 Å². The van der Waals surface area contributed by atoms with Crippen molar-refractivity contribution in [1.82, 2.24) is 10.6 Å². The van der Waals surface area contributed by atoms with Gasteiger partial charge in [-0.05, 0) is 6.92 Å². The van der Waals surface area contributed by atoms with Crippen molar-refractivity contribution >= 4 is 6.03 Å². The third kappa shape index (κ3) is 9.11. The highest BCUT2D eigenvalue weighted by Gasteiger charge is 2.27. The van der Waals surface area contributed by atoms with Crippen LogP contribution in [-0.2, 0) is 4.74 Å². The molecule has 0 heterocycles. The molecule has 4 nitrogen and oxygen atoms in total. The van der Waals surface area contributed by atoms with E-state index in [0.29, 0.717) is 6.54 Å². The fourth-order valence-corrected chi connectivity index (χ4v) is 0.648. The lowest BCUT2D eigenvalue weighted by molar-refractivity contribution is -0.173. The van der Waals surface area contributed by atoms with E-state index in [1.807, 2.05) is 0 Å². The number of rotatable bonds is 5. The Morgan fingerprint density at radius 1 is 1.36 bits per heavy atom. The van der Waals surface area contributed by atoms with Crippen LogP contribution in [0.4, 0.5) is 18.0 Å². The first-order chi connectivity index (χ1) is 6.45. The van der Waals surface area contributed by atoms with Gasteiger partial charge in [0.1, 0.15) is 6.61 Å². The normalized spacial score (nSPS) is 11.1. The largest absolute Gasteiger partial charge is 0.411 e. The van der Waals surface area contributed by atoms with Gasteiger partial charge in [0.25, 0.3) is 0 Å². The predicted molar refractivity (Wildman–Crippen MR) is 43.9 cm³/mol. The molecule has 7 heteroatoms. The van der Waals surface area contributed by atoms with E-state index in [1.165, 1.54) is 0 Å². The van der Waals surface area contributed by atoms with Crippen LogP contribution in [0.1, 0.15) is 6.92 Å². The number of carbonyl (C=O) groups is 1. The maximum absolute atomic E-state index is 11.5. The summed E-state index contributed by atoms with van der Waals surface area (Å²) < 4.78 is 38.9. The van der Waals surface area contributed by atoms with Crippen molar-refractivity contribution in [3.05, 3.63) is 0 Å². The maximum Gasteiger partial charge on any atom is 0.411 e. The number of halogens is 3. The third-order valence-corrected chi connectivity index (χ3v) is 1.14. The molecule has 0 spiro atoms. The van der Waals surface area contributed by atoms with Crippen LogP contribution in [0.5, 0.6) is 0 Å². The van der Waals surface area contributed by atoms with E-state index in [0.717, 1.165) is 0 Å². The standard InChI is InChI=1S/C7H13F3N2O2/c1-2-11-6(13)12-3-4-14-5-7(8,9)10/h2-5H2,1H3,(H2,11,12,13). The second-order valence-corrected chi connectivity index (χ2v) is 2.45. The first-order valence-electron chi connectivity index (χ1n) is 4.12. The summed E-state index contributed by atoms with van der Waals surface area (Å²) in [6.45, 7) is 0.817. The molecule has 0 aliphatic heterocycles. The van der Waals surface area contributed by atoms with Crippen molar-refractivity contribution in [2.24, 2.45) is 0 Å². The average molecular weight is 214 g/mol. The van der Waals surface area contributed by atoms with Crippen LogP contribution < -0.4 is 10.6 Å². The van der Waals surface area contributed by atoms with Crippen molar-refractivity contribution in [1.29, 1.82) is 0 Å². The molecule has 0 saturated heterocycles. The molecule has 0 atom stereocenters. The van der Waals surface area contributed by atoms with Crippen LogP contribution in [-0.4, -0.2) is 38.5 Å². The molecule has 0 aromatic rings. The Morgan fingerprint density at radius 2 is 2.00 bits per heavy atom. The third-order valence-electron chi connectivity index (χ3n) is 1.14. The fourth-order valence-electron chi connectivity index (χ4n) is 0.648. The zero-order chi connectivity index (χ0) is 11.0. The van der Waals surface area contributed by atoms with Gasteiger partial charge in [-0.25, -0.2) is 4.79 Å². The summed E-state index contributed by atoms with van der Waals surface area (Å²) in [5, 5.41) is 4.75. The van der Waals surface area contributed by atoms with Crippen LogP contribution in [0.15, 0.2) is 0 Å². The molecule has 0 radical (unpaired) electrons. The van der Waals surface area contributed by atoms with E-state index >= 15 is 0 Å². The molecule has 0 saturated carbocycles. The Morgan fingerprint density at radius 3 is 2.50 bits per heavy atom. The van der Waals surface area contributed by atoms with Gasteiger partial charge >= 0.3 is 12.2 Å². The van der Waals surface area contributed by atoms with E-state index in [9.17, 15) is 18.0 Å². The summed E-state index contributed by atoms with van der Waals surface area (Å²) in [5.41, 5.74) is 0. The molecule has 0 aromatic heterocycles. The van der Waals surface area contributed by atoms with Gasteiger partial charge in [0, 0.05) is 13.1 Å². The number of amides is 2. The van der Waals surface area contributed by atoms with Crippen molar-refractivity contribution in [2.75, 3.05) is 26.3 Å². The van der Waals surface area contributed by atoms with Gasteiger partial charge in [0.05, 0.1) is 6.61 Å². The lowest BCUT2D eigenvalue weighted by Crippen LogP contribution is -2.37. The Hall–Kier alpha value is -0.980. The average Bonchev–Trinajstić information content (AvgIpc) is 2.02. The number of hydrogen-bond donors (Lipinski definition) is 2. The fraction of sp³-hybridized carbons (Fsp3) is 0.857. The van der Waals surface area contributed by atoms with Gasteiger partial charge in [-0.15, -0.1) is 0 Å². The minimum atomic E-state index is -4.31.